The molecule has 4 heteroatoms. The first-order valence-electron chi connectivity index (χ1n) is 7.84. The molecule has 0 unspecified atom stereocenters. The van der Waals surface area contributed by atoms with Crippen molar-refractivity contribution in [3.8, 4) is 11.5 Å². The number of benzene rings is 2. The van der Waals surface area contributed by atoms with Gasteiger partial charge in [-0.1, -0.05) is 23.7 Å². The summed E-state index contributed by atoms with van der Waals surface area (Å²) in [6.07, 6.45) is 0.743. The quantitative estimate of drug-likeness (QED) is 0.771. The Morgan fingerprint density at radius 1 is 0.957 bits per heavy atom. The summed E-state index contributed by atoms with van der Waals surface area (Å²) in [4.78, 5) is 0. The maximum atomic E-state index is 6.02. The number of halogens is 1. The van der Waals surface area contributed by atoms with Crippen LogP contribution in [0.15, 0.2) is 30.3 Å². The molecule has 2 aromatic carbocycles. The summed E-state index contributed by atoms with van der Waals surface area (Å²) in [5.74, 6) is 1.77. The lowest BCUT2D eigenvalue weighted by molar-refractivity contribution is 0.214. The van der Waals surface area contributed by atoms with Crippen LogP contribution in [0, 0.1) is 20.8 Å². The topological polar surface area (TPSA) is 44.5 Å². The van der Waals surface area contributed by atoms with Gasteiger partial charge >= 0.3 is 0 Å². The minimum absolute atomic E-state index is 0.478. The van der Waals surface area contributed by atoms with E-state index in [2.05, 4.69) is 32.9 Å². The maximum absolute atomic E-state index is 6.02. The molecule has 0 saturated heterocycles. The molecule has 0 heterocycles. The van der Waals surface area contributed by atoms with Crippen molar-refractivity contribution < 1.29 is 9.47 Å². The zero-order chi connectivity index (χ0) is 16.8. The largest absolute Gasteiger partial charge is 0.490 e. The molecular formula is C19H24ClNO2. The Hall–Kier alpha value is -1.71. The smallest absolute Gasteiger partial charge is 0.125 e. The van der Waals surface area contributed by atoms with Crippen LogP contribution >= 0.6 is 11.6 Å². The number of hydrogen-bond acceptors (Lipinski definition) is 3. The molecule has 3 nitrogen and oxygen atoms in total. The van der Waals surface area contributed by atoms with Crippen molar-refractivity contribution in [1.82, 2.24) is 0 Å². The Kier molecular flexibility index (Phi) is 6.31. The molecule has 0 amide bonds. The standard InChI is InChI=1S/C19H24ClNO2/c1-13-4-5-14(2)19(15(13)3)23-11-10-22-18-7-6-17(20)12-16(18)8-9-21/h4-7,12H,8-11,21H2,1-3H3. The van der Waals surface area contributed by atoms with Gasteiger partial charge in [0.1, 0.15) is 24.7 Å². The van der Waals surface area contributed by atoms with E-state index in [0.29, 0.717) is 24.8 Å². The fourth-order valence-electron chi connectivity index (χ4n) is 2.48. The number of nitrogens with two attached hydrogens (primary N) is 1. The van der Waals surface area contributed by atoms with Gasteiger partial charge in [-0.2, -0.15) is 0 Å². The third-order valence-corrected chi connectivity index (χ3v) is 4.13. The summed E-state index contributed by atoms with van der Waals surface area (Å²) in [7, 11) is 0. The van der Waals surface area contributed by atoms with Crippen LogP contribution < -0.4 is 15.2 Å². The van der Waals surface area contributed by atoms with E-state index in [1.54, 1.807) is 0 Å². The summed E-state index contributed by atoms with van der Waals surface area (Å²) >= 11 is 6.02. The van der Waals surface area contributed by atoms with E-state index in [-0.39, 0.29) is 0 Å². The zero-order valence-corrected chi connectivity index (χ0v) is 14.7. The normalized spacial score (nSPS) is 10.7. The number of hydrogen-bond donors (Lipinski definition) is 1. The fraction of sp³-hybridized carbons (Fsp3) is 0.368. The summed E-state index contributed by atoms with van der Waals surface area (Å²) in [5.41, 5.74) is 10.2. The van der Waals surface area contributed by atoms with Crippen molar-refractivity contribution in [2.75, 3.05) is 19.8 Å². The molecule has 0 spiro atoms. The first-order chi connectivity index (χ1) is 11.0. The average Bonchev–Trinajstić information content (AvgIpc) is 2.52. The van der Waals surface area contributed by atoms with E-state index < -0.39 is 0 Å². The maximum Gasteiger partial charge on any atom is 0.125 e. The lowest BCUT2D eigenvalue weighted by Gasteiger charge is -2.15. The minimum Gasteiger partial charge on any atom is -0.490 e. The number of rotatable bonds is 7. The third kappa shape index (κ3) is 4.63. The molecule has 2 rings (SSSR count). The first-order valence-corrected chi connectivity index (χ1v) is 8.21. The number of aryl methyl sites for hydroxylation is 2. The predicted octanol–water partition coefficient (Wildman–Crippen LogP) is 4.22. The highest BCUT2D eigenvalue weighted by Crippen LogP contribution is 2.26. The Labute approximate surface area is 143 Å². The van der Waals surface area contributed by atoms with Crippen LogP contribution in [0.5, 0.6) is 11.5 Å². The molecule has 0 radical (unpaired) electrons. The van der Waals surface area contributed by atoms with Gasteiger partial charge in [0.2, 0.25) is 0 Å². The van der Waals surface area contributed by atoms with Gasteiger partial charge < -0.3 is 15.2 Å². The predicted molar refractivity (Wildman–Crippen MR) is 95.9 cm³/mol. The van der Waals surface area contributed by atoms with Gasteiger partial charge in [0.05, 0.1) is 0 Å². The molecule has 0 aliphatic carbocycles. The lowest BCUT2D eigenvalue weighted by atomic mass is 10.1. The van der Waals surface area contributed by atoms with Crippen LogP contribution in [0.3, 0.4) is 0 Å². The highest BCUT2D eigenvalue weighted by Gasteiger charge is 2.07. The molecule has 0 aliphatic rings. The monoisotopic (exact) mass is 333 g/mol. The molecule has 0 aliphatic heterocycles. The van der Waals surface area contributed by atoms with Crippen molar-refractivity contribution in [2.45, 2.75) is 27.2 Å². The van der Waals surface area contributed by atoms with Gasteiger partial charge in [-0.3, -0.25) is 0 Å². The van der Waals surface area contributed by atoms with E-state index in [0.717, 1.165) is 29.0 Å². The molecule has 0 saturated carbocycles. The van der Waals surface area contributed by atoms with Crippen molar-refractivity contribution in [1.29, 1.82) is 0 Å². The summed E-state index contributed by atoms with van der Waals surface area (Å²) in [5, 5.41) is 0.697. The molecule has 23 heavy (non-hydrogen) atoms. The van der Waals surface area contributed by atoms with Gasteiger partial charge in [-0.05, 0) is 74.2 Å². The summed E-state index contributed by atoms with van der Waals surface area (Å²) in [6, 6.07) is 9.81. The first kappa shape index (κ1) is 17.6. The Morgan fingerprint density at radius 2 is 1.65 bits per heavy atom. The van der Waals surface area contributed by atoms with Crippen LogP contribution in [-0.4, -0.2) is 19.8 Å². The summed E-state index contributed by atoms with van der Waals surface area (Å²) < 4.78 is 11.8. The van der Waals surface area contributed by atoms with E-state index in [4.69, 9.17) is 26.8 Å². The Morgan fingerprint density at radius 3 is 2.39 bits per heavy atom. The second-order valence-electron chi connectivity index (χ2n) is 5.64. The molecule has 0 aromatic heterocycles. The number of ether oxygens (including phenoxy) is 2. The molecule has 0 bridgehead atoms. The zero-order valence-electron chi connectivity index (χ0n) is 14.0. The highest BCUT2D eigenvalue weighted by atomic mass is 35.5. The molecule has 0 atom stereocenters. The van der Waals surface area contributed by atoms with Crippen LogP contribution in [-0.2, 0) is 6.42 Å². The van der Waals surface area contributed by atoms with E-state index in [1.165, 1.54) is 11.1 Å². The fourth-order valence-corrected chi connectivity index (χ4v) is 2.68. The van der Waals surface area contributed by atoms with E-state index in [9.17, 15) is 0 Å². The second kappa shape index (κ2) is 8.23. The van der Waals surface area contributed by atoms with Crippen molar-refractivity contribution in [2.24, 2.45) is 5.73 Å². The second-order valence-corrected chi connectivity index (χ2v) is 6.08. The molecule has 0 fully saturated rings. The Bertz CT molecular complexity index is 671. The molecule has 2 N–H and O–H groups in total. The Balaban J connectivity index is 1.95. The average molecular weight is 334 g/mol. The van der Waals surface area contributed by atoms with Crippen LogP contribution in [0.4, 0.5) is 0 Å². The van der Waals surface area contributed by atoms with Crippen molar-refractivity contribution >= 4 is 11.6 Å². The molecule has 2 aromatic rings. The van der Waals surface area contributed by atoms with Crippen molar-refractivity contribution in [3.63, 3.8) is 0 Å². The van der Waals surface area contributed by atoms with E-state index in [1.807, 2.05) is 18.2 Å². The summed E-state index contributed by atoms with van der Waals surface area (Å²) in [6.45, 7) is 7.76. The van der Waals surface area contributed by atoms with Gasteiger partial charge in [-0.15, -0.1) is 0 Å². The third-order valence-electron chi connectivity index (χ3n) is 3.90. The van der Waals surface area contributed by atoms with Crippen LogP contribution in [0.2, 0.25) is 5.02 Å². The lowest BCUT2D eigenvalue weighted by Crippen LogP contribution is -2.12. The molecular weight excluding hydrogens is 310 g/mol. The van der Waals surface area contributed by atoms with E-state index >= 15 is 0 Å². The SMILES string of the molecule is Cc1ccc(C)c(OCCOc2ccc(Cl)cc2CCN)c1C. The van der Waals surface area contributed by atoms with Crippen LogP contribution in [0.25, 0.3) is 0 Å². The highest BCUT2D eigenvalue weighted by molar-refractivity contribution is 6.30. The van der Waals surface area contributed by atoms with Gasteiger partial charge in [0.15, 0.2) is 0 Å². The van der Waals surface area contributed by atoms with Gasteiger partial charge in [0, 0.05) is 5.02 Å². The minimum atomic E-state index is 0.478. The van der Waals surface area contributed by atoms with Crippen molar-refractivity contribution in [3.05, 3.63) is 57.6 Å². The van der Waals surface area contributed by atoms with Gasteiger partial charge in [0.25, 0.3) is 0 Å². The van der Waals surface area contributed by atoms with Crippen LogP contribution in [0.1, 0.15) is 22.3 Å². The molecule has 124 valence electrons. The van der Waals surface area contributed by atoms with Gasteiger partial charge in [-0.25, -0.2) is 0 Å².